The van der Waals surface area contributed by atoms with Crippen molar-refractivity contribution in [3.8, 4) is 0 Å². The van der Waals surface area contributed by atoms with E-state index in [0.717, 1.165) is 12.8 Å². The molecule has 0 N–H and O–H groups in total. The molecule has 0 aliphatic heterocycles. The summed E-state index contributed by atoms with van der Waals surface area (Å²) in [5.74, 6) is 0.450. The summed E-state index contributed by atoms with van der Waals surface area (Å²) in [5.41, 5.74) is 0. The van der Waals surface area contributed by atoms with E-state index in [1.54, 1.807) is 0 Å². The molecule has 1 rings (SSSR count). The molecule has 1 fully saturated rings. The third-order valence-corrected chi connectivity index (χ3v) is 8.83. The minimum atomic E-state index is -1.65. The normalized spacial score (nSPS) is 19.4. The maximum atomic E-state index is 11.9. The molecule has 0 aromatic heterocycles. The molecular weight excluding hydrogens is 164 g/mol. The summed E-state index contributed by atoms with van der Waals surface area (Å²) < 4.78 is 0. The lowest BCUT2D eigenvalue weighted by Crippen LogP contribution is -2.47. The molecule has 12 heavy (non-hydrogen) atoms. The Bertz CT molecular complexity index is 196. The van der Waals surface area contributed by atoms with Crippen molar-refractivity contribution < 1.29 is 4.79 Å². The van der Waals surface area contributed by atoms with Crippen LogP contribution in [0.25, 0.3) is 0 Å². The first-order valence-electron chi connectivity index (χ1n) is 4.81. The second-order valence-electron chi connectivity index (χ2n) is 5.51. The zero-order chi connectivity index (χ0) is 9.57. The van der Waals surface area contributed by atoms with Gasteiger partial charge in [0.2, 0.25) is 0 Å². The van der Waals surface area contributed by atoms with Gasteiger partial charge >= 0.3 is 0 Å². The summed E-state index contributed by atoms with van der Waals surface area (Å²) >= 11 is 0. The molecule has 2 heteroatoms. The highest BCUT2D eigenvalue weighted by Crippen LogP contribution is 2.42. The molecule has 1 saturated carbocycles. The lowest BCUT2D eigenvalue weighted by atomic mass is 10.2. The summed E-state index contributed by atoms with van der Waals surface area (Å²) in [6.45, 7) is 11.1. The number of carbonyl (C=O) groups is 1. The Balaban J connectivity index is 2.76. The summed E-state index contributed by atoms with van der Waals surface area (Å²) in [4.78, 5) is 11.9. The summed E-state index contributed by atoms with van der Waals surface area (Å²) in [6, 6.07) is 0. The molecule has 0 aromatic carbocycles. The highest BCUT2D eigenvalue weighted by molar-refractivity contribution is 7.06. The van der Waals surface area contributed by atoms with Crippen molar-refractivity contribution in [1.82, 2.24) is 0 Å². The minimum Gasteiger partial charge on any atom is -0.305 e. The Labute approximate surface area is 76.6 Å². The van der Waals surface area contributed by atoms with E-state index in [-0.39, 0.29) is 5.04 Å². The standard InChI is InChI=1S/C10H20OSi/c1-10(2,3)12(4,5)9(11)8-6-7-8/h8H,6-7H2,1-5H3. The zero-order valence-electron chi connectivity index (χ0n) is 8.90. The summed E-state index contributed by atoms with van der Waals surface area (Å²) in [7, 11) is -1.65. The van der Waals surface area contributed by atoms with Crippen molar-refractivity contribution in [2.24, 2.45) is 5.92 Å². The van der Waals surface area contributed by atoms with Crippen molar-refractivity contribution in [3.63, 3.8) is 0 Å². The van der Waals surface area contributed by atoms with E-state index in [1.165, 1.54) is 0 Å². The van der Waals surface area contributed by atoms with Gasteiger partial charge in [-0.15, -0.1) is 0 Å². The Kier molecular flexibility index (Phi) is 2.24. The van der Waals surface area contributed by atoms with E-state index in [2.05, 4.69) is 33.9 Å². The van der Waals surface area contributed by atoms with E-state index in [9.17, 15) is 4.79 Å². The second kappa shape index (κ2) is 2.69. The lowest BCUT2D eigenvalue weighted by molar-refractivity contribution is -0.114. The van der Waals surface area contributed by atoms with E-state index in [1.807, 2.05) is 0 Å². The van der Waals surface area contributed by atoms with Crippen molar-refractivity contribution in [1.29, 1.82) is 0 Å². The van der Waals surface area contributed by atoms with Crippen LogP contribution in [0.1, 0.15) is 33.6 Å². The second-order valence-corrected chi connectivity index (χ2v) is 10.8. The van der Waals surface area contributed by atoms with Gasteiger partial charge in [0.15, 0.2) is 0 Å². The average Bonchev–Trinajstić information content (AvgIpc) is 2.64. The van der Waals surface area contributed by atoms with Crippen molar-refractivity contribution in [3.05, 3.63) is 0 Å². The highest BCUT2D eigenvalue weighted by atomic mass is 28.3. The Morgan fingerprint density at radius 3 is 1.92 bits per heavy atom. The molecule has 0 bridgehead atoms. The highest BCUT2D eigenvalue weighted by Gasteiger charge is 2.47. The van der Waals surface area contributed by atoms with Gasteiger partial charge in [-0.25, -0.2) is 0 Å². The smallest absolute Gasteiger partial charge is 0.132 e. The Morgan fingerprint density at radius 2 is 1.67 bits per heavy atom. The van der Waals surface area contributed by atoms with Crippen LogP contribution < -0.4 is 0 Å². The maximum Gasteiger partial charge on any atom is 0.132 e. The van der Waals surface area contributed by atoms with E-state index in [4.69, 9.17) is 0 Å². The number of hydrogen-bond acceptors (Lipinski definition) is 1. The molecule has 0 amide bonds. The fourth-order valence-corrected chi connectivity index (χ4v) is 3.27. The molecule has 70 valence electrons. The predicted octanol–water partition coefficient (Wildman–Crippen LogP) is 3.01. The van der Waals surface area contributed by atoms with Crippen LogP contribution in [-0.4, -0.2) is 13.5 Å². The first-order chi connectivity index (χ1) is 5.27. The van der Waals surface area contributed by atoms with Crippen LogP contribution in [-0.2, 0) is 4.79 Å². The molecule has 0 unspecified atom stereocenters. The quantitative estimate of drug-likeness (QED) is 0.603. The van der Waals surface area contributed by atoms with Crippen molar-refractivity contribution >= 4 is 13.5 Å². The maximum absolute atomic E-state index is 11.9. The number of hydrogen-bond donors (Lipinski definition) is 0. The van der Waals surface area contributed by atoms with Crippen LogP contribution in [0.2, 0.25) is 18.1 Å². The molecule has 0 heterocycles. The number of carbonyl (C=O) groups excluding carboxylic acids is 1. The van der Waals surface area contributed by atoms with Gasteiger partial charge < -0.3 is 4.79 Å². The van der Waals surface area contributed by atoms with Crippen molar-refractivity contribution in [2.75, 3.05) is 0 Å². The number of rotatable bonds is 2. The van der Waals surface area contributed by atoms with Crippen LogP contribution in [0.15, 0.2) is 0 Å². The van der Waals surface area contributed by atoms with Gasteiger partial charge in [-0.1, -0.05) is 33.9 Å². The molecular formula is C10H20OSi. The molecule has 1 nitrogen and oxygen atoms in total. The fourth-order valence-electron chi connectivity index (χ4n) is 1.23. The first kappa shape index (κ1) is 9.97. The molecule has 0 saturated heterocycles. The summed E-state index contributed by atoms with van der Waals surface area (Å²) in [5, 5.41) is 0.835. The van der Waals surface area contributed by atoms with Crippen LogP contribution in [0.4, 0.5) is 0 Å². The molecule has 0 atom stereocenters. The Morgan fingerprint density at radius 1 is 1.25 bits per heavy atom. The average molecular weight is 184 g/mol. The summed E-state index contributed by atoms with van der Waals surface area (Å²) in [6.07, 6.45) is 2.32. The van der Waals surface area contributed by atoms with E-state index >= 15 is 0 Å². The molecule has 1 aliphatic carbocycles. The first-order valence-corrected chi connectivity index (χ1v) is 7.81. The van der Waals surface area contributed by atoms with Gasteiger partial charge in [-0.2, -0.15) is 0 Å². The van der Waals surface area contributed by atoms with Gasteiger partial charge in [0.25, 0.3) is 0 Å². The van der Waals surface area contributed by atoms with Crippen LogP contribution in [0.3, 0.4) is 0 Å². The fraction of sp³-hybridized carbons (Fsp3) is 0.900. The minimum absolute atomic E-state index is 0.229. The lowest BCUT2D eigenvalue weighted by Gasteiger charge is -2.35. The van der Waals surface area contributed by atoms with Gasteiger partial charge in [-0.05, 0) is 17.9 Å². The zero-order valence-corrected chi connectivity index (χ0v) is 9.90. The van der Waals surface area contributed by atoms with Crippen LogP contribution in [0.5, 0.6) is 0 Å². The molecule has 0 spiro atoms. The Hall–Kier alpha value is -0.113. The monoisotopic (exact) mass is 184 g/mol. The van der Waals surface area contributed by atoms with E-state index < -0.39 is 8.07 Å². The molecule has 1 aliphatic rings. The van der Waals surface area contributed by atoms with Crippen molar-refractivity contribution in [2.45, 2.75) is 51.7 Å². The van der Waals surface area contributed by atoms with Gasteiger partial charge in [-0.3, -0.25) is 0 Å². The third-order valence-electron chi connectivity index (χ3n) is 3.44. The SMILES string of the molecule is CC(C)(C)[Si](C)(C)C(=O)C1CC1. The topological polar surface area (TPSA) is 17.1 Å². The van der Waals surface area contributed by atoms with Crippen LogP contribution in [0, 0.1) is 5.92 Å². The van der Waals surface area contributed by atoms with Gasteiger partial charge in [0.1, 0.15) is 13.5 Å². The largest absolute Gasteiger partial charge is 0.305 e. The molecule has 0 radical (unpaired) electrons. The van der Waals surface area contributed by atoms with Gasteiger partial charge in [0.05, 0.1) is 0 Å². The van der Waals surface area contributed by atoms with Crippen LogP contribution >= 0.6 is 0 Å². The van der Waals surface area contributed by atoms with Gasteiger partial charge in [0, 0.05) is 5.92 Å². The molecule has 0 aromatic rings. The third kappa shape index (κ3) is 1.63. The predicted molar refractivity (Wildman–Crippen MR) is 54.9 cm³/mol. The van der Waals surface area contributed by atoms with E-state index in [0.29, 0.717) is 11.3 Å².